The molecule has 0 spiro atoms. The number of amides is 1. The second kappa shape index (κ2) is 7.41. The lowest BCUT2D eigenvalue weighted by atomic mass is 9.88. The third-order valence-electron chi connectivity index (χ3n) is 3.76. The van der Waals surface area contributed by atoms with Gasteiger partial charge in [0.15, 0.2) is 0 Å². The number of carbonyl (C=O) groups excluding carboxylic acids is 1. The van der Waals surface area contributed by atoms with E-state index in [1.165, 1.54) is 5.56 Å². The summed E-state index contributed by atoms with van der Waals surface area (Å²) in [4.78, 5) is 12.1. The largest absolute Gasteiger partial charge is 0.383 e. The Morgan fingerprint density at radius 2 is 2.10 bits per heavy atom. The van der Waals surface area contributed by atoms with Gasteiger partial charge in [-0.25, -0.2) is 0 Å². The molecule has 0 bridgehead atoms. The summed E-state index contributed by atoms with van der Waals surface area (Å²) in [6.07, 6.45) is 2.29. The predicted molar refractivity (Wildman–Crippen MR) is 80.2 cm³/mol. The molecule has 1 aromatic carbocycles. The normalized spacial score (nSPS) is 16.1. The molecule has 0 saturated carbocycles. The van der Waals surface area contributed by atoms with Crippen LogP contribution in [0.15, 0.2) is 18.2 Å². The highest BCUT2D eigenvalue weighted by Gasteiger charge is 2.17. The smallest absolute Gasteiger partial charge is 0.251 e. The Hall–Kier alpha value is -1.39. The summed E-state index contributed by atoms with van der Waals surface area (Å²) in [6.45, 7) is 5.27. The molecular weight excluding hydrogens is 252 g/mol. The predicted octanol–water partition coefficient (Wildman–Crippen LogP) is 1.84. The molecule has 1 amide bonds. The van der Waals surface area contributed by atoms with Gasteiger partial charge < -0.3 is 15.4 Å². The van der Waals surface area contributed by atoms with E-state index in [0.29, 0.717) is 19.1 Å². The second-order valence-corrected chi connectivity index (χ2v) is 5.41. The zero-order chi connectivity index (χ0) is 14.4. The summed E-state index contributed by atoms with van der Waals surface area (Å²) in [5.41, 5.74) is 3.20. The van der Waals surface area contributed by atoms with E-state index < -0.39 is 0 Å². The van der Waals surface area contributed by atoms with E-state index in [0.717, 1.165) is 37.1 Å². The van der Waals surface area contributed by atoms with E-state index in [9.17, 15) is 4.79 Å². The number of benzene rings is 1. The molecular formula is C16H24N2O2. The molecule has 1 fully saturated rings. The molecule has 4 heteroatoms. The number of rotatable bonds is 5. The zero-order valence-corrected chi connectivity index (χ0v) is 12.4. The van der Waals surface area contributed by atoms with E-state index in [1.54, 1.807) is 7.11 Å². The lowest BCUT2D eigenvalue weighted by Gasteiger charge is -2.23. The maximum Gasteiger partial charge on any atom is 0.251 e. The number of aryl methyl sites for hydroxylation is 1. The molecule has 2 N–H and O–H groups in total. The highest BCUT2D eigenvalue weighted by atomic mass is 16.5. The number of carbonyl (C=O) groups is 1. The SMILES string of the molecule is COCCNC(=O)c1cc(C)cc(C2CCNCC2)c1. The molecule has 4 nitrogen and oxygen atoms in total. The average molecular weight is 276 g/mol. The fraction of sp³-hybridized carbons (Fsp3) is 0.562. The van der Waals surface area contributed by atoms with Crippen molar-refractivity contribution in [3.8, 4) is 0 Å². The highest BCUT2D eigenvalue weighted by molar-refractivity contribution is 5.94. The van der Waals surface area contributed by atoms with Crippen LogP contribution in [0.3, 0.4) is 0 Å². The van der Waals surface area contributed by atoms with Gasteiger partial charge in [0.25, 0.3) is 5.91 Å². The highest BCUT2D eigenvalue weighted by Crippen LogP contribution is 2.26. The van der Waals surface area contributed by atoms with E-state index in [2.05, 4.69) is 23.6 Å². The van der Waals surface area contributed by atoms with Gasteiger partial charge in [0.1, 0.15) is 0 Å². The van der Waals surface area contributed by atoms with Gasteiger partial charge in [-0.15, -0.1) is 0 Å². The van der Waals surface area contributed by atoms with Gasteiger partial charge in [-0.2, -0.15) is 0 Å². The van der Waals surface area contributed by atoms with Crippen LogP contribution >= 0.6 is 0 Å². The monoisotopic (exact) mass is 276 g/mol. The van der Waals surface area contributed by atoms with Crippen molar-refractivity contribution in [1.82, 2.24) is 10.6 Å². The molecule has 20 heavy (non-hydrogen) atoms. The number of methoxy groups -OCH3 is 1. The quantitative estimate of drug-likeness (QED) is 0.807. The Balaban J connectivity index is 2.09. The minimum Gasteiger partial charge on any atom is -0.383 e. The molecule has 1 aliphatic rings. The van der Waals surface area contributed by atoms with E-state index in [-0.39, 0.29) is 5.91 Å². The molecule has 0 radical (unpaired) electrons. The van der Waals surface area contributed by atoms with Gasteiger partial charge in [-0.05, 0) is 56.5 Å². The van der Waals surface area contributed by atoms with E-state index >= 15 is 0 Å². The molecule has 1 saturated heterocycles. The van der Waals surface area contributed by atoms with Crippen molar-refractivity contribution >= 4 is 5.91 Å². The summed E-state index contributed by atoms with van der Waals surface area (Å²) in [6, 6.07) is 6.21. The second-order valence-electron chi connectivity index (χ2n) is 5.41. The van der Waals surface area contributed by atoms with Crippen LogP contribution in [0, 0.1) is 6.92 Å². The van der Waals surface area contributed by atoms with E-state index in [1.807, 2.05) is 12.1 Å². The summed E-state index contributed by atoms with van der Waals surface area (Å²) >= 11 is 0. The lowest BCUT2D eigenvalue weighted by Crippen LogP contribution is -2.28. The standard InChI is InChI=1S/C16H24N2O2/c1-12-9-14(13-3-5-17-6-4-13)11-15(10-12)16(19)18-7-8-20-2/h9-11,13,17H,3-8H2,1-2H3,(H,18,19). The van der Waals surface area contributed by atoms with Crippen molar-refractivity contribution in [2.24, 2.45) is 0 Å². The molecule has 1 aliphatic heterocycles. The van der Waals surface area contributed by atoms with Crippen molar-refractivity contribution in [2.75, 3.05) is 33.4 Å². The van der Waals surface area contributed by atoms with Crippen LogP contribution in [0.25, 0.3) is 0 Å². The minimum atomic E-state index is -0.0130. The molecule has 1 heterocycles. The average Bonchev–Trinajstić information content (AvgIpc) is 2.47. The Morgan fingerprint density at radius 1 is 1.35 bits per heavy atom. The third-order valence-corrected chi connectivity index (χ3v) is 3.76. The van der Waals surface area contributed by atoms with Crippen molar-refractivity contribution in [1.29, 1.82) is 0 Å². The summed E-state index contributed by atoms with van der Waals surface area (Å²) in [5.74, 6) is 0.558. The van der Waals surface area contributed by atoms with Crippen LogP contribution in [0.5, 0.6) is 0 Å². The van der Waals surface area contributed by atoms with Crippen molar-refractivity contribution in [2.45, 2.75) is 25.7 Å². The maximum absolute atomic E-state index is 12.1. The van der Waals surface area contributed by atoms with Crippen molar-refractivity contribution < 1.29 is 9.53 Å². The van der Waals surface area contributed by atoms with Crippen LogP contribution in [-0.4, -0.2) is 39.3 Å². The number of hydrogen-bond donors (Lipinski definition) is 2. The summed E-state index contributed by atoms with van der Waals surface area (Å²) in [7, 11) is 1.63. The summed E-state index contributed by atoms with van der Waals surface area (Å²) in [5, 5.41) is 6.26. The van der Waals surface area contributed by atoms with Gasteiger partial charge in [0.2, 0.25) is 0 Å². The zero-order valence-electron chi connectivity index (χ0n) is 12.4. The van der Waals surface area contributed by atoms with Crippen LogP contribution < -0.4 is 10.6 Å². The lowest BCUT2D eigenvalue weighted by molar-refractivity contribution is 0.0937. The number of hydrogen-bond acceptors (Lipinski definition) is 3. The first kappa shape index (κ1) is 15.0. The molecule has 1 aromatic rings. The molecule has 2 rings (SSSR count). The fourth-order valence-electron chi connectivity index (χ4n) is 2.70. The Kier molecular flexibility index (Phi) is 5.56. The molecule has 0 unspecified atom stereocenters. The number of piperidine rings is 1. The first-order chi connectivity index (χ1) is 9.70. The first-order valence-corrected chi connectivity index (χ1v) is 7.30. The van der Waals surface area contributed by atoms with Gasteiger partial charge in [-0.1, -0.05) is 11.6 Å². The minimum absolute atomic E-state index is 0.0130. The molecule has 0 atom stereocenters. The van der Waals surface area contributed by atoms with Gasteiger partial charge in [0, 0.05) is 19.2 Å². The topological polar surface area (TPSA) is 50.4 Å². The van der Waals surface area contributed by atoms with Crippen LogP contribution in [-0.2, 0) is 4.74 Å². The van der Waals surface area contributed by atoms with Crippen LogP contribution in [0.2, 0.25) is 0 Å². The number of ether oxygens (including phenoxy) is 1. The van der Waals surface area contributed by atoms with Crippen molar-refractivity contribution in [3.63, 3.8) is 0 Å². The van der Waals surface area contributed by atoms with Crippen molar-refractivity contribution in [3.05, 3.63) is 34.9 Å². The van der Waals surface area contributed by atoms with Crippen LogP contribution in [0.4, 0.5) is 0 Å². The van der Waals surface area contributed by atoms with Crippen LogP contribution in [0.1, 0.15) is 40.2 Å². The third kappa shape index (κ3) is 4.05. The number of nitrogens with one attached hydrogen (secondary N) is 2. The van der Waals surface area contributed by atoms with E-state index in [4.69, 9.17) is 4.74 Å². The van der Waals surface area contributed by atoms with Gasteiger partial charge in [-0.3, -0.25) is 4.79 Å². The Bertz CT molecular complexity index is 454. The summed E-state index contributed by atoms with van der Waals surface area (Å²) < 4.78 is 4.95. The molecule has 110 valence electrons. The molecule has 0 aliphatic carbocycles. The first-order valence-electron chi connectivity index (χ1n) is 7.30. The Morgan fingerprint density at radius 3 is 2.80 bits per heavy atom. The maximum atomic E-state index is 12.1. The van der Waals surface area contributed by atoms with Gasteiger partial charge >= 0.3 is 0 Å². The van der Waals surface area contributed by atoms with Gasteiger partial charge in [0.05, 0.1) is 6.61 Å². The molecule has 0 aromatic heterocycles. The fourth-order valence-corrected chi connectivity index (χ4v) is 2.70. The Labute approximate surface area is 120 Å².